The maximum Gasteiger partial charge on any atom is 0.153 e. The predicted octanol–water partition coefficient (Wildman–Crippen LogP) is 3.56. The van der Waals surface area contributed by atoms with Gasteiger partial charge in [-0.25, -0.2) is 0 Å². The molecule has 0 saturated heterocycles. The Labute approximate surface area is 90.7 Å². The van der Waals surface area contributed by atoms with E-state index in [0.29, 0.717) is 5.92 Å². The zero-order chi connectivity index (χ0) is 11.1. The maximum absolute atomic E-state index is 5.39. The summed E-state index contributed by atoms with van der Waals surface area (Å²) in [5.41, 5.74) is 2.38. The monoisotopic (exact) mass is 203 g/mol. The fourth-order valence-corrected chi connectivity index (χ4v) is 1.97. The quantitative estimate of drug-likeness (QED) is 0.697. The summed E-state index contributed by atoms with van der Waals surface area (Å²) in [6, 6.07) is 0. The van der Waals surface area contributed by atoms with E-state index >= 15 is 0 Å². The largest absolute Gasteiger partial charge is 0.360 e. The number of fused-ring (bicyclic) bond motifs is 1. The lowest BCUT2D eigenvalue weighted by molar-refractivity contribution is 0.344. The second-order valence-corrected chi connectivity index (χ2v) is 4.93. The van der Waals surface area contributed by atoms with Crippen LogP contribution in [0.15, 0.2) is 28.9 Å². The standard InChI is InChI=1S/C13H17NO/c1-9(2)10-6-5-7-13(3,4)12-11(10)8-14-15-12/h5-9H,1-4H3. The van der Waals surface area contributed by atoms with Crippen LogP contribution in [0.4, 0.5) is 0 Å². The third-order valence-corrected chi connectivity index (χ3v) is 2.88. The molecule has 0 aromatic carbocycles. The Morgan fingerprint density at radius 3 is 2.73 bits per heavy atom. The Balaban J connectivity index is 2.59. The first-order chi connectivity index (χ1) is 7.02. The lowest BCUT2D eigenvalue weighted by atomic mass is 9.86. The molecule has 2 nitrogen and oxygen atoms in total. The van der Waals surface area contributed by atoms with E-state index in [-0.39, 0.29) is 5.41 Å². The lowest BCUT2D eigenvalue weighted by Gasteiger charge is -2.17. The molecule has 1 aliphatic rings. The van der Waals surface area contributed by atoms with Crippen molar-refractivity contribution in [3.8, 4) is 0 Å². The maximum atomic E-state index is 5.39. The van der Waals surface area contributed by atoms with Crippen LogP contribution in [-0.2, 0) is 5.41 Å². The molecule has 0 radical (unpaired) electrons. The van der Waals surface area contributed by atoms with Gasteiger partial charge in [0, 0.05) is 11.0 Å². The van der Waals surface area contributed by atoms with Crippen molar-refractivity contribution in [1.29, 1.82) is 0 Å². The summed E-state index contributed by atoms with van der Waals surface area (Å²) in [4.78, 5) is 0. The van der Waals surface area contributed by atoms with Gasteiger partial charge in [-0.15, -0.1) is 0 Å². The van der Waals surface area contributed by atoms with Crippen molar-refractivity contribution in [3.05, 3.63) is 35.7 Å². The van der Waals surface area contributed by atoms with Crippen LogP contribution in [0.2, 0.25) is 0 Å². The highest BCUT2D eigenvalue weighted by Gasteiger charge is 2.29. The van der Waals surface area contributed by atoms with Crippen LogP contribution in [0.1, 0.15) is 39.0 Å². The summed E-state index contributed by atoms with van der Waals surface area (Å²) in [5.74, 6) is 1.46. The second-order valence-electron chi connectivity index (χ2n) is 4.93. The van der Waals surface area contributed by atoms with Crippen molar-refractivity contribution in [2.45, 2.75) is 33.1 Å². The summed E-state index contributed by atoms with van der Waals surface area (Å²) in [7, 11) is 0. The van der Waals surface area contributed by atoms with E-state index in [4.69, 9.17) is 4.52 Å². The molecule has 1 aromatic rings. The molecule has 2 heteroatoms. The van der Waals surface area contributed by atoms with Gasteiger partial charge in [-0.1, -0.05) is 37.2 Å². The van der Waals surface area contributed by atoms with Gasteiger partial charge >= 0.3 is 0 Å². The molecule has 0 fully saturated rings. The normalized spacial score (nSPS) is 18.6. The van der Waals surface area contributed by atoms with Crippen molar-refractivity contribution in [2.24, 2.45) is 5.92 Å². The number of hydrogen-bond donors (Lipinski definition) is 0. The van der Waals surface area contributed by atoms with Crippen LogP contribution >= 0.6 is 0 Å². The average Bonchev–Trinajstić information content (AvgIpc) is 2.56. The Morgan fingerprint density at radius 1 is 1.33 bits per heavy atom. The zero-order valence-corrected chi connectivity index (χ0v) is 9.74. The highest BCUT2D eigenvalue weighted by molar-refractivity contribution is 5.71. The highest BCUT2D eigenvalue weighted by atomic mass is 16.5. The van der Waals surface area contributed by atoms with E-state index in [0.717, 1.165) is 11.3 Å². The van der Waals surface area contributed by atoms with Gasteiger partial charge in [0.05, 0.1) is 6.20 Å². The fourth-order valence-electron chi connectivity index (χ4n) is 1.97. The van der Waals surface area contributed by atoms with Gasteiger partial charge < -0.3 is 4.52 Å². The minimum atomic E-state index is -0.0705. The molecule has 0 unspecified atom stereocenters. The van der Waals surface area contributed by atoms with Crippen LogP contribution in [0.5, 0.6) is 0 Å². The first-order valence-electron chi connectivity index (χ1n) is 5.37. The van der Waals surface area contributed by atoms with Gasteiger partial charge in [-0.05, 0) is 25.3 Å². The Bertz CT molecular complexity index is 421. The van der Waals surface area contributed by atoms with E-state index in [1.54, 1.807) is 0 Å². The molecule has 80 valence electrons. The third kappa shape index (κ3) is 1.65. The zero-order valence-electron chi connectivity index (χ0n) is 9.74. The highest BCUT2D eigenvalue weighted by Crippen LogP contribution is 2.36. The Hall–Kier alpha value is -1.31. The summed E-state index contributed by atoms with van der Waals surface area (Å²) in [6.45, 7) is 8.67. The molecule has 1 heterocycles. The molecule has 0 atom stereocenters. The summed E-state index contributed by atoms with van der Waals surface area (Å²) >= 11 is 0. The molecule has 15 heavy (non-hydrogen) atoms. The van der Waals surface area contributed by atoms with Crippen molar-refractivity contribution in [1.82, 2.24) is 5.16 Å². The van der Waals surface area contributed by atoms with Gasteiger partial charge in [-0.3, -0.25) is 0 Å². The van der Waals surface area contributed by atoms with E-state index in [1.807, 2.05) is 6.20 Å². The average molecular weight is 203 g/mol. The first-order valence-corrected chi connectivity index (χ1v) is 5.37. The molecule has 0 amide bonds. The van der Waals surface area contributed by atoms with Crippen molar-refractivity contribution >= 4 is 5.57 Å². The topological polar surface area (TPSA) is 26.0 Å². The van der Waals surface area contributed by atoms with Crippen LogP contribution in [0.3, 0.4) is 0 Å². The third-order valence-electron chi connectivity index (χ3n) is 2.88. The second kappa shape index (κ2) is 3.37. The minimum absolute atomic E-state index is 0.0705. The molecular weight excluding hydrogens is 186 g/mol. The van der Waals surface area contributed by atoms with Crippen LogP contribution in [-0.4, -0.2) is 5.16 Å². The molecule has 0 aliphatic heterocycles. The molecule has 0 N–H and O–H groups in total. The lowest BCUT2D eigenvalue weighted by Crippen LogP contribution is -2.13. The van der Waals surface area contributed by atoms with Gasteiger partial charge in [0.25, 0.3) is 0 Å². The van der Waals surface area contributed by atoms with Gasteiger partial charge in [-0.2, -0.15) is 0 Å². The van der Waals surface area contributed by atoms with Gasteiger partial charge in [0.2, 0.25) is 0 Å². The van der Waals surface area contributed by atoms with E-state index in [1.165, 1.54) is 5.57 Å². The summed E-state index contributed by atoms with van der Waals surface area (Å²) in [5, 5.41) is 3.92. The molecular formula is C13H17NO. The molecule has 0 spiro atoms. The SMILES string of the molecule is CC(C)C1=CC=CC(C)(C)c2oncc21. The van der Waals surface area contributed by atoms with Crippen molar-refractivity contribution in [3.63, 3.8) is 0 Å². The number of aromatic nitrogens is 1. The van der Waals surface area contributed by atoms with Gasteiger partial charge in [0.1, 0.15) is 0 Å². The van der Waals surface area contributed by atoms with Crippen LogP contribution in [0.25, 0.3) is 5.57 Å². The fraction of sp³-hybridized carbons (Fsp3) is 0.462. The molecule has 1 aromatic heterocycles. The first kappa shape index (κ1) is 10.2. The van der Waals surface area contributed by atoms with E-state index in [2.05, 4.69) is 51.1 Å². The number of allylic oxidation sites excluding steroid dienone is 4. The van der Waals surface area contributed by atoms with Gasteiger partial charge in [0.15, 0.2) is 5.76 Å². The van der Waals surface area contributed by atoms with E-state index < -0.39 is 0 Å². The Kier molecular flexibility index (Phi) is 2.29. The summed E-state index contributed by atoms with van der Waals surface area (Å²) in [6.07, 6.45) is 8.27. The molecule has 0 bridgehead atoms. The Morgan fingerprint density at radius 2 is 2.07 bits per heavy atom. The van der Waals surface area contributed by atoms with Crippen molar-refractivity contribution < 1.29 is 4.52 Å². The summed E-state index contributed by atoms with van der Waals surface area (Å²) < 4.78 is 5.39. The predicted molar refractivity (Wildman–Crippen MR) is 61.5 cm³/mol. The number of rotatable bonds is 1. The van der Waals surface area contributed by atoms with Crippen LogP contribution in [0, 0.1) is 5.92 Å². The van der Waals surface area contributed by atoms with Crippen LogP contribution < -0.4 is 0 Å². The van der Waals surface area contributed by atoms with Crippen molar-refractivity contribution in [2.75, 3.05) is 0 Å². The number of hydrogen-bond acceptors (Lipinski definition) is 2. The number of nitrogens with zero attached hydrogens (tertiary/aromatic N) is 1. The smallest absolute Gasteiger partial charge is 0.153 e. The molecule has 0 saturated carbocycles. The van der Waals surface area contributed by atoms with E-state index in [9.17, 15) is 0 Å². The molecule has 2 rings (SSSR count). The minimum Gasteiger partial charge on any atom is -0.360 e. The molecule has 1 aliphatic carbocycles.